The van der Waals surface area contributed by atoms with Crippen molar-refractivity contribution in [1.29, 1.82) is 0 Å². The summed E-state index contributed by atoms with van der Waals surface area (Å²) in [5, 5.41) is 2.83. The summed E-state index contributed by atoms with van der Waals surface area (Å²) in [7, 11) is 0. The van der Waals surface area contributed by atoms with Crippen LogP contribution in [0.15, 0.2) is 36.9 Å². The van der Waals surface area contributed by atoms with Crippen molar-refractivity contribution in [3.8, 4) is 0 Å². The lowest BCUT2D eigenvalue weighted by atomic mass is 10.1. The summed E-state index contributed by atoms with van der Waals surface area (Å²) in [4.78, 5) is 22.9. The van der Waals surface area contributed by atoms with Crippen molar-refractivity contribution in [3.63, 3.8) is 0 Å². The zero-order valence-corrected chi connectivity index (χ0v) is 9.91. The maximum Gasteiger partial charge on any atom is 0.253 e. The first-order valence-electron chi connectivity index (χ1n) is 5.02. The number of hydrogen-bond donors (Lipinski definition) is 2. The van der Waals surface area contributed by atoms with Crippen molar-refractivity contribution in [2.75, 3.05) is 0 Å². The summed E-state index contributed by atoms with van der Waals surface area (Å²) < 4.78 is 0. The zero-order valence-electron chi connectivity index (χ0n) is 9.15. The van der Waals surface area contributed by atoms with Crippen molar-refractivity contribution in [2.24, 2.45) is 5.73 Å². The van der Waals surface area contributed by atoms with Crippen molar-refractivity contribution >= 4 is 23.4 Å². The molecule has 0 saturated carbocycles. The van der Waals surface area contributed by atoms with Crippen LogP contribution in [-0.2, 0) is 4.79 Å². The molecule has 90 valence electrons. The van der Waals surface area contributed by atoms with Gasteiger partial charge in [0.1, 0.15) is 6.04 Å². The Balaban J connectivity index is 2.81. The number of halogens is 1. The molecule has 0 aromatic heterocycles. The molecule has 1 aromatic carbocycles. The van der Waals surface area contributed by atoms with Gasteiger partial charge in [-0.2, -0.15) is 0 Å². The summed E-state index contributed by atoms with van der Waals surface area (Å²) in [5.74, 6) is -1.04. The molecule has 17 heavy (non-hydrogen) atoms. The molecular weight excluding hydrogens is 240 g/mol. The predicted molar refractivity (Wildman–Crippen MR) is 66.7 cm³/mol. The quantitative estimate of drug-likeness (QED) is 0.780. The van der Waals surface area contributed by atoms with Crippen molar-refractivity contribution < 1.29 is 9.59 Å². The third kappa shape index (κ3) is 3.60. The van der Waals surface area contributed by atoms with Crippen molar-refractivity contribution in [2.45, 2.75) is 12.5 Å². The van der Waals surface area contributed by atoms with Crippen LogP contribution in [0.3, 0.4) is 0 Å². The van der Waals surface area contributed by atoms with Crippen LogP contribution in [0.4, 0.5) is 0 Å². The van der Waals surface area contributed by atoms with Gasteiger partial charge in [-0.3, -0.25) is 9.59 Å². The summed E-state index contributed by atoms with van der Waals surface area (Å²) >= 11 is 5.86. The normalized spacial score (nSPS) is 11.6. The zero-order chi connectivity index (χ0) is 12.8. The highest BCUT2D eigenvalue weighted by Crippen LogP contribution is 2.14. The fourth-order valence-corrected chi connectivity index (χ4v) is 1.52. The Bertz CT molecular complexity index is 446. The van der Waals surface area contributed by atoms with Gasteiger partial charge in [-0.1, -0.05) is 29.8 Å². The van der Waals surface area contributed by atoms with Gasteiger partial charge < -0.3 is 11.1 Å². The number of amides is 2. The van der Waals surface area contributed by atoms with E-state index < -0.39 is 17.9 Å². The largest absolute Gasteiger partial charge is 0.368 e. The first-order chi connectivity index (χ1) is 8.06. The van der Waals surface area contributed by atoms with Crippen LogP contribution in [0.5, 0.6) is 0 Å². The first-order valence-corrected chi connectivity index (χ1v) is 5.39. The molecule has 0 heterocycles. The Morgan fingerprint density at radius 3 is 2.65 bits per heavy atom. The maximum absolute atomic E-state index is 11.8. The molecule has 0 aliphatic heterocycles. The van der Waals surface area contributed by atoms with Gasteiger partial charge in [-0.05, 0) is 18.6 Å². The highest BCUT2D eigenvalue weighted by Gasteiger charge is 2.18. The molecule has 0 radical (unpaired) electrons. The summed E-state index contributed by atoms with van der Waals surface area (Å²) in [6.07, 6.45) is 1.80. The monoisotopic (exact) mass is 252 g/mol. The average molecular weight is 253 g/mol. The van der Waals surface area contributed by atoms with Gasteiger partial charge in [0.25, 0.3) is 5.91 Å². The van der Waals surface area contributed by atoms with Gasteiger partial charge in [0.15, 0.2) is 0 Å². The molecule has 1 rings (SSSR count). The Morgan fingerprint density at radius 1 is 1.47 bits per heavy atom. The molecule has 1 atom stereocenters. The molecular formula is C12H13ClN2O2. The van der Waals surface area contributed by atoms with Gasteiger partial charge in [0.2, 0.25) is 5.91 Å². The molecule has 0 aliphatic rings. The fraction of sp³-hybridized carbons (Fsp3) is 0.167. The van der Waals surface area contributed by atoms with Gasteiger partial charge in [-0.25, -0.2) is 0 Å². The lowest BCUT2D eigenvalue weighted by Gasteiger charge is -2.13. The maximum atomic E-state index is 11.8. The van der Waals surface area contributed by atoms with E-state index in [-0.39, 0.29) is 6.42 Å². The molecule has 0 fully saturated rings. The van der Waals surface area contributed by atoms with Crippen molar-refractivity contribution in [3.05, 3.63) is 47.5 Å². The van der Waals surface area contributed by atoms with Crippen LogP contribution in [0.2, 0.25) is 5.02 Å². The van der Waals surface area contributed by atoms with Crippen LogP contribution < -0.4 is 11.1 Å². The number of nitrogens with two attached hydrogens (primary N) is 1. The van der Waals surface area contributed by atoms with E-state index in [9.17, 15) is 9.59 Å². The van der Waals surface area contributed by atoms with E-state index in [1.807, 2.05) is 0 Å². The lowest BCUT2D eigenvalue weighted by Crippen LogP contribution is -2.44. The second-order valence-corrected chi connectivity index (χ2v) is 3.84. The third-order valence-corrected chi connectivity index (χ3v) is 2.50. The Kier molecular flexibility index (Phi) is 4.72. The van der Waals surface area contributed by atoms with E-state index in [2.05, 4.69) is 11.9 Å². The van der Waals surface area contributed by atoms with Gasteiger partial charge in [-0.15, -0.1) is 6.58 Å². The number of rotatable bonds is 5. The first kappa shape index (κ1) is 13.3. The second-order valence-electron chi connectivity index (χ2n) is 3.43. The minimum absolute atomic E-state index is 0.283. The highest BCUT2D eigenvalue weighted by atomic mass is 35.5. The molecule has 0 bridgehead atoms. The molecule has 0 spiro atoms. The minimum Gasteiger partial charge on any atom is -0.368 e. The van der Waals surface area contributed by atoms with Crippen LogP contribution in [-0.4, -0.2) is 17.9 Å². The predicted octanol–water partition coefficient (Wildman–Crippen LogP) is 1.50. The van der Waals surface area contributed by atoms with E-state index in [0.717, 1.165) is 0 Å². The van der Waals surface area contributed by atoms with Gasteiger partial charge in [0.05, 0.1) is 10.6 Å². The van der Waals surface area contributed by atoms with Crippen LogP contribution in [0.25, 0.3) is 0 Å². The summed E-state index contributed by atoms with van der Waals surface area (Å²) in [5.41, 5.74) is 5.46. The van der Waals surface area contributed by atoms with E-state index in [4.69, 9.17) is 17.3 Å². The molecule has 0 unspecified atom stereocenters. The topological polar surface area (TPSA) is 72.2 Å². The van der Waals surface area contributed by atoms with Crippen LogP contribution >= 0.6 is 11.6 Å². The molecule has 5 heteroatoms. The Hall–Kier alpha value is -1.81. The third-order valence-electron chi connectivity index (χ3n) is 2.17. The van der Waals surface area contributed by atoms with Gasteiger partial charge >= 0.3 is 0 Å². The summed E-state index contributed by atoms with van der Waals surface area (Å²) in [6.45, 7) is 3.50. The smallest absolute Gasteiger partial charge is 0.253 e. The van der Waals surface area contributed by atoms with E-state index in [0.29, 0.717) is 10.6 Å². The Labute approximate surface area is 104 Å². The standard InChI is InChI=1S/C12H13ClN2O2/c1-2-5-10(11(14)16)15-12(17)8-6-3-4-7-9(8)13/h2-4,6-7,10H,1,5H2,(H2,14,16)(H,15,17)/t10-/m0/s1. The van der Waals surface area contributed by atoms with Gasteiger partial charge in [0, 0.05) is 0 Å². The number of benzene rings is 1. The minimum atomic E-state index is -0.767. The summed E-state index contributed by atoms with van der Waals surface area (Å²) in [6, 6.07) is 5.81. The molecule has 3 N–H and O–H groups in total. The number of nitrogens with one attached hydrogen (secondary N) is 1. The Morgan fingerprint density at radius 2 is 2.12 bits per heavy atom. The van der Waals surface area contributed by atoms with E-state index >= 15 is 0 Å². The molecule has 4 nitrogen and oxygen atoms in total. The highest BCUT2D eigenvalue weighted by molar-refractivity contribution is 6.33. The lowest BCUT2D eigenvalue weighted by molar-refractivity contribution is -0.119. The molecule has 0 aliphatic carbocycles. The number of hydrogen-bond acceptors (Lipinski definition) is 2. The molecule has 2 amide bonds. The van der Waals surface area contributed by atoms with E-state index in [1.165, 1.54) is 6.08 Å². The van der Waals surface area contributed by atoms with Crippen LogP contribution in [0, 0.1) is 0 Å². The number of carbonyl (C=O) groups excluding carboxylic acids is 2. The van der Waals surface area contributed by atoms with Crippen LogP contribution in [0.1, 0.15) is 16.8 Å². The fourth-order valence-electron chi connectivity index (χ4n) is 1.29. The number of carbonyl (C=O) groups is 2. The number of primary amides is 1. The van der Waals surface area contributed by atoms with Crippen molar-refractivity contribution in [1.82, 2.24) is 5.32 Å². The molecule has 1 aromatic rings. The SMILES string of the molecule is C=CC[C@H](NC(=O)c1ccccc1Cl)C(N)=O. The van der Waals surface area contributed by atoms with E-state index in [1.54, 1.807) is 24.3 Å². The average Bonchev–Trinajstić information content (AvgIpc) is 2.28. The second kappa shape index (κ2) is 6.06. The molecule has 0 saturated heterocycles.